The van der Waals surface area contributed by atoms with E-state index in [0.717, 1.165) is 25.9 Å². The second-order valence-electron chi connectivity index (χ2n) is 6.51. The van der Waals surface area contributed by atoms with Crippen LogP contribution in [-0.2, 0) is 4.74 Å². The van der Waals surface area contributed by atoms with Crippen molar-refractivity contribution in [3.63, 3.8) is 0 Å². The van der Waals surface area contributed by atoms with Crippen LogP contribution >= 0.6 is 0 Å². The molecular weight excluding hydrogens is 264 g/mol. The molecule has 0 bridgehead atoms. The van der Waals surface area contributed by atoms with E-state index in [1.807, 2.05) is 0 Å². The summed E-state index contributed by atoms with van der Waals surface area (Å²) in [6.07, 6.45) is 1.60. The molecule has 0 aromatic rings. The third kappa shape index (κ3) is 4.06. The van der Waals surface area contributed by atoms with E-state index < -0.39 is 5.92 Å². The Kier molecular flexibility index (Phi) is 4.86. The summed E-state index contributed by atoms with van der Waals surface area (Å²) >= 11 is 0. The van der Waals surface area contributed by atoms with Crippen molar-refractivity contribution in [3.8, 4) is 0 Å². The van der Waals surface area contributed by atoms with Gasteiger partial charge in [0.15, 0.2) is 0 Å². The summed E-state index contributed by atoms with van der Waals surface area (Å²) < 4.78 is 31.4. The summed E-state index contributed by atoms with van der Waals surface area (Å²) in [6, 6.07) is 0. The van der Waals surface area contributed by atoms with Gasteiger partial charge in [-0.25, -0.2) is 13.6 Å². The lowest BCUT2D eigenvalue weighted by molar-refractivity contribution is -0.0696. The number of halogens is 2. The molecule has 2 rings (SSSR count). The third-order valence-electron chi connectivity index (χ3n) is 4.67. The molecular formula is C15H25F2NO2. The molecule has 0 unspecified atom stereocenters. The first-order chi connectivity index (χ1) is 9.37. The van der Waals surface area contributed by atoms with Gasteiger partial charge in [0.25, 0.3) is 0 Å². The largest absolute Gasteiger partial charge is 0.446 e. The summed E-state index contributed by atoms with van der Waals surface area (Å²) in [4.78, 5) is 13.7. The fraction of sp³-hybridized carbons (Fsp3) is 0.933. The van der Waals surface area contributed by atoms with Gasteiger partial charge in [0.1, 0.15) is 6.10 Å². The van der Waals surface area contributed by atoms with Crippen molar-refractivity contribution in [2.45, 2.75) is 64.4 Å². The summed E-state index contributed by atoms with van der Waals surface area (Å²) in [5.41, 5.74) is 0. The first kappa shape index (κ1) is 15.5. The maximum Gasteiger partial charge on any atom is 0.410 e. The number of carbonyl (C=O) groups excluding carboxylic acids is 1. The molecule has 0 aromatic carbocycles. The number of amides is 1. The lowest BCUT2D eigenvalue weighted by Gasteiger charge is -2.35. The van der Waals surface area contributed by atoms with Crippen molar-refractivity contribution < 1.29 is 18.3 Å². The molecule has 1 saturated heterocycles. The number of ether oxygens (including phenoxy) is 1. The van der Waals surface area contributed by atoms with Crippen LogP contribution in [0.15, 0.2) is 0 Å². The fourth-order valence-corrected chi connectivity index (χ4v) is 3.10. The van der Waals surface area contributed by atoms with Crippen LogP contribution in [0.25, 0.3) is 0 Å². The highest BCUT2D eigenvalue weighted by atomic mass is 19.3. The Hall–Kier alpha value is -0.870. The first-order valence-electron chi connectivity index (χ1n) is 7.71. The van der Waals surface area contributed by atoms with Gasteiger partial charge in [-0.2, -0.15) is 0 Å². The third-order valence-corrected chi connectivity index (χ3v) is 4.67. The van der Waals surface area contributed by atoms with E-state index in [4.69, 9.17) is 4.74 Å². The fourth-order valence-electron chi connectivity index (χ4n) is 3.10. The van der Waals surface area contributed by atoms with Crippen LogP contribution in [0.5, 0.6) is 0 Å². The first-order valence-corrected chi connectivity index (χ1v) is 7.71. The van der Waals surface area contributed by atoms with E-state index >= 15 is 0 Å². The van der Waals surface area contributed by atoms with E-state index in [9.17, 15) is 13.6 Å². The van der Waals surface area contributed by atoms with Crippen LogP contribution < -0.4 is 0 Å². The van der Waals surface area contributed by atoms with E-state index in [-0.39, 0.29) is 37.9 Å². The summed E-state index contributed by atoms with van der Waals surface area (Å²) in [7, 11) is 0. The number of nitrogens with zero attached hydrogens (tertiary/aromatic N) is 1. The Bertz CT molecular complexity index is 329. The minimum atomic E-state index is -2.57. The van der Waals surface area contributed by atoms with Gasteiger partial charge in [0.2, 0.25) is 5.92 Å². The van der Waals surface area contributed by atoms with Crippen LogP contribution in [0.1, 0.15) is 52.4 Å². The molecule has 1 heterocycles. The van der Waals surface area contributed by atoms with Crippen LogP contribution in [0.3, 0.4) is 0 Å². The molecule has 1 aliphatic carbocycles. The Balaban J connectivity index is 1.73. The predicted molar refractivity (Wildman–Crippen MR) is 72.8 cm³/mol. The maximum absolute atomic E-state index is 13.0. The molecule has 1 amide bonds. The second-order valence-corrected chi connectivity index (χ2v) is 6.51. The maximum atomic E-state index is 13.0. The van der Waals surface area contributed by atoms with E-state index in [0.29, 0.717) is 11.8 Å². The molecule has 0 N–H and O–H groups in total. The van der Waals surface area contributed by atoms with E-state index in [2.05, 4.69) is 13.8 Å². The van der Waals surface area contributed by atoms with Gasteiger partial charge in [-0.1, -0.05) is 13.8 Å². The monoisotopic (exact) mass is 289 g/mol. The molecule has 0 aromatic heterocycles. The van der Waals surface area contributed by atoms with E-state index in [1.54, 1.807) is 4.90 Å². The number of carbonyl (C=O) groups is 1. The Morgan fingerprint density at radius 3 is 2.20 bits per heavy atom. The average Bonchev–Trinajstić information content (AvgIpc) is 2.41. The number of likely N-dealkylation sites (tertiary alicyclic amines) is 1. The molecule has 1 saturated carbocycles. The van der Waals surface area contributed by atoms with Crippen molar-refractivity contribution in [2.75, 3.05) is 13.1 Å². The number of alkyl halides is 2. The topological polar surface area (TPSA) is 29.5 Å². The van der Waals surface area contributed by atoms with Crippen molar-refractivity contribution in [1.29, 1.82) is 0 Å². The Morgan fingerprint density at radius 1 is 1.15 bits per heavy atom. The molecule has 0 radical (unpaired) electrons. The number of hydrogen-bond acceptors (Lipinski definition) is 2. The molecule has 5 heteroatoms. The zero-order valence-electron chi connectivity index (χ0n) is 12.4. The zero-order chi connectivity index (χ0) is 14.8. The SMILES string of the molecule is CC(C)C1CCN(C(=O)OC2CCC(F)(F)CC2)CC1. The van der Waals surface area contributed by atoms with Gasteiger partial charge in [0.05, 0.1) is 0 Å². The lowest BCUT2D eigenvalue weighted by Crippen LogP contribution is -2.42. The summed E-state index contributed by atoms with van der Waals surface area (Å²) in [5.74, 6) is -1.25. The normalized spacial score (nSPS) is 24.9. The molecule has 0 spiro atoms. The highest BCUT2D eigenvalue weighted by Crippen LogP contribution is 2.34. The van der Waals surface area contributed by atoms with Crippen molar-refractivity contribution in [1.82, 2.24) is 4.90 Å². The van der Waals surface area contributed by atoms with E-state index in [1.165, 1.54) is 0 Å². The predicted octanol–water partition coefficient (Wildman–Crippen LogP) is 4.07. The van der Waals surface area contributed by atoms with Crippen molar-refractivity contribution in [2.24, 2.45) is 11.8 Å². The molecule has 20 heavy (non-hydrogen) atoms. The zero-order valence-corrected chi connectivity index (χ0v) is 12.4. The van der Waals surface area contributed by atoms with Crippen LogP contribution in [0.4, 0.5) is 13.6 Å². The minimum absolute atomic E-state index is 0.166. The van der Waals surface area contributed by atoms with Crippen LogP contribution in [0.2, 0.25) is 0 Å². The van der Waals surface area contributed by atoms with Crippen molar-refractivity contribution >= 4 is 6.09 Å². The second kappa shape index (κ2) is 6.27. The van der Waals surface area contributed by atoms with Gasteiger partial charge in [-0.05, 0) is 37.5 Å². The van der Waals surface area contributed by atoms with Gasteiger partial charge in [-0.3, -0.25) is 0 Å². The molecule has 2 fully saturated rings. The number of piperidine rings is 1. The quantitative estimate of drug-likeness (QED) is 0.767. The van der Waals surface area contributed by atoms with Crippen molar-refractivity contribution in [3.05, 3.63) is 0 Å². The summed E-state index contributed by atoms with van der Waals surface area (Å²) in [6.45, 7) is 5.87. The van der Waals surface area contributed by atoms with Crippen LogP contribution in [-0.4, -0.2) is 36.1 Å². The molecule has 0 atom stereocenters. The highest BCUT2D eigenvalue weighted by Gasteiger charge is 2.37. The lowest BCUT2D eigenvalue weighted by atomic mass is 9.87. The molecule has 3 nitrogen and oxygen atoms in total. The highest BCUT2D eigenvalue weighted by molar-refractivity contribution is 5.67. The van der Waals surface area contributed by atoms with Gasteiger partial charge in [-0.15, -0.1) is 0 Å². The Labute approximate surface area is 119 Å². The molecule has 1 aliphatic heterocycles. The number of rotatable bonds is 2. The Morgan fingerprint density at radius 2 is 1.70 bits per heavy atom. The molecule has 2 aliphatic rings. The number of hydrogen-bond donors (Lipinski definition) is 0. The average molecular weight is 289 g/mol. The molecule has 116 valence electrons. The van der Waals surface area contributed by atoms with Crippen LogP contribution in [0, 0.1) is 11.8 Å². The van der Waals surface area contributed by atoms with Gasteiger partial charge >= 0.3 is 6.09 Å². The smallest absolute Gasteiger partial charge is 0.410 e. The minimum Gasteiger partial charge on any atom is -0.446 e. The standard InChI is InChI=1S/C15H25F2NO2/c1-11(2)12-5-9-18(10-6-12)14(19)20-13-3-7-15(16,17)8-4-13/h11-13H,3-10H2,1-2H3. The van der Waals surface area contributed by atoms with Gasteiger partial charge in [0, 0.05) is 25.9 Å². The summed E-state index contributed by atoms with van der Waals surface area (Å²) in [5, 5.41) is 0. The van der Waals surface area contributed by atoms with Gasteiger partial charge < -0.3 is 9.64 Å².